The molecule has 0 aliphatic heterocycles. The molecule has 0 bridgehead atoms. The highest BCUT2D eigenvalue weighted by Gasteiger charge is 2.39. The molecule has 0 aliphatic rings. The Morgan fingerprint density at radius 1 is 0.574 bits per heavy atom. The van der Waals surface area contributed by atoms with Gasteiger partial charge in [-0.3, -0.25) is 0 Å². The summed E-state index contributed by atoms with van der Waals surface area (Å²) in [4.78, 5) is 37.5. The van der Waals surface area contributed by atoms with Crippen molar-refractivity contribution in [3.8, 4) is 56.5 Å². The second kappa shape index (κ2) is 17.2. The van der Waals surface area contributed by atoms with E-state index in [1.165, 1.54) is 75.4 Å². The summed E-state index contributed by atoms with van der Waals surface area (Å²) >= 11 is 6.37. The second-order valence-corrected chi connectivity index (χ2v) is 14.2. The smallest absolute Gasteiger partial charge is 0.423 e. The molecule has 306 valence electrons. The van der Waals surface area contributed by atoms with Crippen molar-refractivity contribution in [3.63, 3.8) is 0 Å². The monoisotopic (exact) mass is 928 g/mol. The van der Waals surface area contributed by atoms with Crippen LogP contribution in [0.5, 0.6) is 0 Å². The Labute approximate surface area is 355 Å². The number of nitrogens with two attached hydrogens (primary N) is 3. The first-order valence-electron chi connectivity index (χ1n) is 17.0. The SMILES string of the molecule is Nc1nc(-c2nccs2)nc(-c2nccs2)c1Br.Nc1nc(-n2cccn2)nc(-n2cccn2)c1-c1ncco1.Nc1nc(-n2cccn2)nc(-n2cccn2)c1C(F)(F)F. The van der Waals surface area contributed by atoms with E-state index >= 15 is 0 Å². The van der Waals surface area contributed by atoms with E-state index in [4.69, 9.17) is 21.6 Å². The Hall–Kier alpha value is -7.78. The number of anilines is 3. The highest BCUT2D eigenvalue weighted by atomic mass is 79.9. The third-order valence-electron chi connectivity index (χ3n) is 7.74. The molecule has 0 radical (unpaired) electrons. The minimum Gasteiger partial charge on any atom is -0.444 e. The van der Waals surface area contributed by atoms with Crippen molar-refractivity contribution >= 4 is 56.1 Å². The van der Waals surface area contributed by atoms with Crippen LogP contribution in [-0.4, -0.2) is 84.0 Å². The fourth-order valence-corrected chi connectivity index (χ4v) is 6.90. The van der Waals surface area contributed by atoms with Crippen LogP contribution in [0.2, 0.25) is 0 Å². The summed E-state index contributed by atoms with van der Waals surface area (Å²) in [5.74, 6) is 1.06. The molecule has 0 atom stereocenters. The largest absolute Gasteiger partial charge is 0.444 e. The molecule has 0 amide bonds. The predicted octanol–water partition coefficient (Wildman–Crippen LogP) is 5.60. The molecule has 0 aliphatic carbocycles. The van der Waals surface area contributed by atoms with Gasteiger partial charge in [0.25, 0.3) is 11.9 Å². The molecule has 10 aromatic heterocycles. The lowest BCUT2D eigenvalue weighted by Crippen LogP contribution is -2.19. The maximum Gasteiger partial charge on any atom is 0.423 e. The average molecular weight is 930 g/mol. The standard InChI is InChI=1S/C13H10N8O.C11H8F3N7.C10H6BrN5S2/c14-10-9(12-15-5-8-22-12)11(20-6-1-3-16-20)19-13(18-10)21-7-2-4-17-21;12-11(13,14)7-8(15)18-10(21-6-2-4-17-21)19-9(7)20-5-1-3-16-20;11-5-6(9-13-1-3-17-9)15-8(16-7(5)12)10-14-2-4-18-10/h1-8H,(H2,14,18,19);1-6H,(H2,15,18,19);1-4H,(H2,12,15,16). The van der Waals surface area contributed by atoms with Gasteiger partial charge in [0.2, 0.25) is 5.89 Å². The van der Waals surface area contributed by atoms with Gasteiger partial charge >= 0.3 is 6.18 Å². The summed E-state index contributed by atoms with van der Waals surface area (Å²) in [5.41, 5.74) is 17.5. The van der Waals surface area contributed by atoms with Crippen LogP contribution in [0.25, 0.3) is 56.5 Å². The van der Waals surface area contributed by atoms with Gasteiger partial charge in [0.15, 0.2) is 22.5 Å². The van der Waals surface area contributed by atoms with Crippen LogP contribution in [0.1, 0.15) is 5.56 Å². The van der Waals surface area contributed by atoms with E-state index in [1.54, 1.807) is 60.1 Å². The average Bonchev–Trinajstić information content (AvgIpc) is 4.10. The third kappa shape index (κ3) is 8.67. The zero-order valence-corrected chi connectivity index (χ0v) is 33.7. The van der Waals surface area contributed by atoms with Crippen LogP contribution < -0.4 is 17.2 Å². The van der Waals surface area contributed by atoms with Crippen LogP contribution in [-0.2, 0) is 6.18 Å². The number of nitrogen functional groups attached to an aromatic ring is 3. The summed E-state index contributed by atoms with van der Waals surface area (Å²) in [6.45, 7) is 0. The zero-order chi connectivity index (χ0) is 42.5. The minimum absolute atomic E-state index is 0.0731. The van der Waals surface area contributed by atoms with Gasteiger partial charge in [0.05, 0.1) is 10.7 Å². The molecule has 0 fully saturated rings. The van der Waals surface area contributed by atoms with Crippen molar-refractivity contribution in [2.45, 2.75) is 6.18 Å². The van der Waals surface area contributed by atoms with Crippen molar-refractivity contribution in [1.82, 2.24) is 84.0 Å². The van der Waals surface area contributed by atoms with Crippen LogP contribution in [0.4, 0.5) is 30.6 Å². The van der Waals surface area contributed by atoms with Crippen molar-refractivity contribution in [1.29, 1.82) is 0 Å². The van der Waals surface area contributed by atoms with Crippen LogP contribution in [0.15, 0.2) is 118 Å². The second-order valence-electron chi connectivity index (χ2n) is 11.6. The number of thiazole rings is 2. The summed E-state index contributed by atoms with van der Waals surface area (Å²) < 4.78 is 50.7. The summed E-state index contributed by atoms with van der Waals surface area (Å²) in [6.07, 6.45) is 14.1. The number of halogens is 4. The lowest BCUT2D eigenvalue weighted by atomic mass is 10.2. The summed E-state index contributed by atoms with van der Waals surface area (Å²) in [7, 11) is 0. The number of rotatable bonds is 7. The first-order valence-corrected chi connectivity index (χ1v) is 19.5. The Bertz CT molecular complexity index is 2940. The molecule has 27 heteroatoms. The van der Waals surface area contributed by atoms with E-state index in [0.717, 1.165) is 14.7 Å². The van der Waals surface area contributed by atoms with Gasteiger partial charge in [-0.15, -0.1) is 22.7 Å². The molecule has 61 heavy (non-hydrogen) atoms. The minimum atomic E-state index is -4.70. The predicted molar refractivity (Wildman–Crippen MR) is 218 cm³/mol. The van der Waals surface area contributed by atoms with Gasteiger partial charge < -0.3 is 21.6 Å². The van der Waals surface area contributed by atoms with Crippen molar-refractivity contribution < 1.29 is 17.6 Å². The number of hydrogen-bond donors (Lipinski definition) is 3. The number of alkyl halides is 3. The molecule has 0 aromatic carbocycles. The molecular formula is C34H24BrF3N20OS2. The first kappa shape index (κ1) is 40.0. The molecule has 0 saturated carbocycles. The molecule has 0 spiro atoms. The van der Waals surface area contributed by atoms with Gasteiger partial charge in [-0.1, -0.05) is 0 Å². The normalized spacial score (nSPS) is 11.1. The molecule has 0 unspecified atom stereocenters. The maximum absolute atomic E-state index is 13.2. The van der Waals surface area contributed by atoms with Gasteiger partial charge in [-0.05, 0) is 40.2 Å². The maximum atomic E-state index is 13.2. The number of nitrogens with zero attached hydrogens (tertiary/aromatic N) is 17. The Morgan fingerprint density at radius 3 is 1.62 bits per heavy atom. The van der Waals surface area contributed by atoms with Crippen LogP contribution in [0, 0.1) is 0 Å². The number of oxazole rings is 1. The van der Waals surface area contributed by atoms with E-state index in [-0.39, 0.29) is 11.8 Å². The quantitative estimate of drug-likeness (QED) is 0.175. The van der Waals surface area contributed by atoms with E-state index < -0.39 is 23.4 Å². The Kier molecular flexibility index (Phi) is 11.3. The Morgan fingerprint density at radius 2 is 1.11 bits per heavy atom. The number of hydrogen-bond acceptors (Lipinski definition) is 19. The van der Waals surface area contributed by atoms with Crippen molar-refractivity contribution in [2.75, 3.05) is 17.2 Å². The molecule has 10 rings (SSSR count). The lowest BCUT2D eigenvalue weighted by Gasteiger charge is -2.14. The highest BCUT2D eigenvalue weighted by Crippen LogP contribution is 2.37. The van der Waals surface area contributed by atoms with Crippen LogP contribution in [0.3, 0.4) is 0 Å². The van der Waals surface area contributed by atoms with E-state index in [1.807, 2.05) is 10.8 Å². The van der Waals surface area contributed by atoms with Gasteiger partial charge in [-0.25, -0.2) is 43.6 Å². The topological polar surface area (TPSA) is 278 Å². The zero-order valence-electron chi connectivity index (χ0n) is 30.5. The highest BCUT2D eigenvalue weighted by molar-refractivity contribution is 9.10. The third-order valence-corrected chi connectivity index (χ3v) is 10.1. The van der Waals surface area contributed by atoms with Gasteiger partial charge in [-0.2, -0.15) is 53.5 Å². The lowest BCUT2D eigenvalue weighted by molar-refractivity contribution is -0.137. The van der Waals surface area contributed by atoms with E-state index in [2.05, 4.69) is 81.2 Å². The van der Waals surface area contributed by atoms with Gasteiger partial charge in [0.1, 0.15) is 45.5 Å². The van der Waals surface area contributed by atoms with Crippen molar-refractivity contribution in [2.24, 2.45) is 0 Å². The Balaban J connectivity index is 0.000000127. The molecular weight excluding hydrogens is 906 g/mol. The van der Waals surface area contributed by atoms with Crippen LogP contribution >= 0.6 is 38.6 Å². The molecule has 10 heterocycles. The van der Waals surface area contributed by atoms with E-state index in [9.17, 15) is 13.2 Å². The molecule has 21 nitrogen and oxygen atoms in total. The fraction of sp³-hybridized carbons (Fsp3) is 0.0294. The summed E-state index contributed by atoms with van der Waals surface area (Å²) in [5, 5.41) is 21.2. The first-order chi connectivity index (χ1) is 29.5. The van der Waals surface area contributed by atoms with Gasteiger partial charge in [0, 0.05) is 72.7 Å². The summed E-state index contributed by atoms with van der Waals surface area (Å²) in [6, 6.07) is 6.62. The van der Waals surface area contributed by atoms with Crippen molar-refractivity contribution in [3.05, 3.63) is 119 Å². The molecule has 10 aromatic rings. The molecule has 6 N–H and O–H groups in total. The fourth-order valence-electron chi connectivity index (χ4n) is 5.21. The van der Waals surface area contributed by atoms with E-state index in [0.29, 0.717) is 45.0 Å². The molecule has 0 saturated heterocycles. The number of aromatic nitrogens is 17.